The van der Waals surface area contributed by atoms with Gasteiger partial charge >= 0.3 is 0 Å². The van der Waals surface area contributed by atoms with Crippen molar-refractivity contribution in [2.24, 2.45) is 0 Å². The molecule has 2 amide bonds. The first-order valence-electron chi connectivity index (χ1n) is 7.73. The van der Waals surface area contributed by atoms with E-state index in [1.165, 1.54) is 24.9 Å². The molecule has 0 aromatic heterocycles. The van der Waals surface area contributed by atoms with E-state index in [1.807, 2.05) is 12.1 Å². The van der Waals surface area contributed by atoms with Gasteiger partial charge in [-0.1, -0.05) is 0 Å². The molecule has 0 saturated carbocycles. The van der Waals surface area contributed by atoms with Gasteiger partial charge < -0.3 is 15.1 Å². The lowest BCUT2D eigenvalue weighted by atomic mass is 10.1. The minimum Gasteiger partial charge on any atom is -0.372 e. The highest BCUT2D eigenvalue weighted by Gasteiger charge is 2.22. The summed E-state index contributed by atoms with van der Waals surface area (Å²) in [6.45, 7) is 2.36. The molecule has 2 aliphatic rings. The van der Waals surface area contributed by atoms with E-state index < -0.39 is 0 Å². The molecule has 0 atom stereocenters. The highest BCUT2D eigenvalue weighted by atomic mass is 32.2. The van der Waals surface area contributed by atoms with E-state index in [9.17, 15) is 9.59 Å². The molecule has 1 aromatic carbocycles. The molecule has 2 fully saturated rings. The van der Waals surface area contributed by atoms with Gasteiger partial charge in [-0.25, -0.2) is 0 Å². The molecule has 22 heavy (non-hydrogen) atoms. The summed E-state index contributed by atoms with van der Waals surface area (Å²) in [5.41, 5.74) is 1.99. The Morgan fingerprint density at radius 3 is 2.50 bits per heavy atom. The van der Waals surface area contributed by atoms with E-state index >= 15 is 0 Å². The maximum absolute atomic E-state index is 12.0. The van der Waals surface area contributed by atoms with Gasteiger partial charge in [0.25, 0.3) is 0 Å². The van der Waals surface area contributed by atoms with Crippen LogP contribution >= 0.6 is 11.8 Å². The minimum atomic E-state index is -0.137. The highest BCUT2D eigenvalue weighted by molar-refractivity contribution is 8.00. The van der Waals surface area contributed by atoms with Crippen LogP contribution < -0.4 is 10.2 Å². The van der Waals surface area contributed by atoms with Crippen molar-refractivity contribution in [3.63, 3.8) is 0 Å². The Balaban J connectivity index is 1.54. The van der Waals surface area contributed by atoms with E-state index in [-0.39, 0.29) is 18.4 Å². The Labute approximate surface area is 135 Å². The molecular weight excluding hydrogens is 298 g/mol. The number of anilines is 2. The molecule has 1 N–H and O–H groups in total. The lowest BCUT2D eigenvalue weighted by molar-refractivity contribution is -0.130. The number of carbonyl (C=O) groups excluding carboxylic acids is 2. The van der Waals surface area contributed by atoms with Crippen molar-refractivity contribution in [1.82, 2.24) is 4.90 Å². The molecule has 3 rings (SSSR count). The van der Waals surface area contributed by atoms with E-state index in [1.54, 1.807) is 16.7 Å². The van der Waals surface area contributed by atoms with Crippen LogP contribution in [-0.2, 0) is 9.59 Å². The first-order valence-corrected chi connectivity index (χ1v) is 8.88. The fraction of sp³-hybridized carbons (Fsp3) is 0.500. The quantitative estimate of drug-likeness (QED) is 0.924. The molecule has 1 aromatic rings. The number of hydrogen-bond donors (Lipinski definition) is 1. The van der Waals surface area contributed by atoms with E-state index in [2.05, 4.69) is 22.3 Å². The van der Waals surface area contributed by atoms with Gasteiger partial charge in [0.15, 0.2) is 0 Å². The third-order valence-corrected chi connectivity index (χ3v) is 4.98. The fourth-order valence-electron chi connectivity index (χ4n) is 2.82. The average Bonchev–Trinajstić information content (AvgIpc) is 2.94. The third kappa shape index (κ3) is 3.74. The second kappa shape index (κ2) is 7.05. The van der Waals surface area contributed by atoms with Gasteiger partial charge in [-0.2, -0.15) is 0 Å². The van der Waals surface area contributed by atoms with Crippen molar-refractivity contribution < 1.29 is 9.59 Å². The molecule has 0 aliphatic carbocycles. The Kier molecular flexibility index (Phi) is 4.87. The normalized spacial score (nSPS) is 18.6. The highest BCUT2D eigenvalue weighted by Crippen LogP contribution is 2.22. The van der Waals surface area contributed by atoms with Gasteiger partial charge in [0.2, 0.25) is 11.8 Å². The first kappa shape index (κ1) is 15.2. The molecule has 118 valence electrons. The van der Waals surface area contributed by atoms with Crippen molar-refractivity contribution in [3.05, 3.63) is 24.3 Å². The number of rotatable bonds is 4. The Bertz CT molecular complexity index is 541. The largest absolute Gasteiger partial charge is 0.372 e. The smallest absolute Gasteiger partial charge is 0.244 e. The zero-order chi connectivity index (χ0) is 15.4. The Hall–Kier alpha value is -1.69. The standard InChI is InChI=1S/C16H21N3O2S/c20-15(10-19-12-22-11-16(19)21)17-13-4-6-14(7-5-13)18-8-2-1-3-9-18/h4-7H,1-3,8-12H2,(H,17,20). The Morgan fingerprint density at radius 1 is 1.14 bits per heavy atom. The molecule has 0 spiro atoms. The molecule has 5 nitrogen and oxygen atoms in total. The third-order valence-electron chi connectivity index (χ3n) is 4.03. The van der Waals surface area contributed by atoms with Crippen LogP contribution in [0.5, 0.6) is 0 Å². The van der Waals surface area contributed by atoms with Gasteiger partial charge in [-0.15, -0.1) is 11.8 Å². The van der Waals surface area contributed by atoms with Crippen LogP contribution in [0.4, 0.5) is 11.4 Å². The summed E-state index contributed by atoms with van der Waals surface area (Å²) in [6.07, 6.45) is 3.82. The predicted octanol–water partition coefficient (Wildman–Crippen LogP) is 2.15. The molecule has 0 bridgehead atoms. The summed E-state index contributed by atoms with van der Waals surface area (Å²) < 4.78 is 0. The number of carbonyl (C=O) groups is 2. The van der Waals surface area contributed by atoms with Gasteiger partial charge in [-0.3, -0.25) is 9.59 Å². The summed E-state index contributed by atoms with van der Waals surface area (Å²) in [7, 11) is 0. The maximum atomic E-state index is 12.0. The molecule has 6 heteroatoms. The number of piperidine rings is 1. The van der Waals surface area contributed by atoms with Gasteiger partial charge in [0, 0.05) is 24.5 Å². The van der Waals surface area contributed by atoms with Crippen LogP contribution in [0.25, 0.3) is 0 Å². The van der Waals surface area contributed by atoms with Crippen LogP contribution in [0.1, 0.15) is 19.3 Å². The second-order valence-corrected chi connectivity index (χ2v) is 6.67. The number of amides is 2. The molecule has 2 saturated heterocycles. The van der Waals surface area contributed by atoms with Crippen molar-refractivity contribution in [3.8, 4) is 0 Å². The van der Waals surface area contributed by atoms with Crippen molar-refractivity contribution in [1.29, 1.82) is 0 Å². The lowest BCUT2D eigenvalue weighted by Crippen LogP contribution is -2.34. The average molecular weight is 319 g/mol. The maximum Gasteiger partial charge on any atom is 0.244 e. The zero-order valence-electron chi connectivity index (χ0n) is 12.6. The van der Waals surface area contributed by atoms with E-state index in [4.69, 9.17) is 0 Å². The molecule has 0 unspecified atom stereocenters. The number of benzene rings is 1. The van der Waals surface area contributed by atoms with Gasteiger partial charge in [0.05, 0.1) is 11.6 Å². The number of nitrogens with zero attached hydrogens (tertiary/aromatic N) is 2. The van der Waals surface area contributed by atoms with Crippen LogP contribution in [0, 0.1) is 0 Å². The lowest BCUT2D eigenvalue weighted by Gasteiger charge is -2.28. The zero-order valence-corrected chi connectivity index (χ0v) is 13.4. The molecule has 2 heterocycles. The van der Waals surface area contributed by atoms with Crippen LogP contribution in [0.3, 0.4) is 0 Å². The monoisotopic (exact) mass is 319 g/mol. The van der Waals surface area contributed by atoms with Crippen molar-refractivity contribution in [2.75, 3.05) is 41.5 Å². The van der Waals surface area contributed by atoms with Gasteiger partial charge in [0.1, 0.15) is 6.54 Å². The van der Waals surface area contributed by atoms with Crippen LogP contribution in [-0.4, -0.2) is 48.0 Å². The number of nitrogens with one attached hydrogen (secondary N) is 1. The van der Waals surface area contributed by atoms with E-state index in [0.717, 1.165) is 18.8 Å². The predicted molar refractivity (Wildman–Crippen MR) is 90.2 cm³/mol. The fourth-order valence-corrected chi connectivity index (χ4v) is 3.73. The topological polar surface area (TPSA) is 52.7 Å². The molecule has 2 aliphatic heterocycles. The van der Waals surface area contributed by atoms with E-state index in [0.29, 0.717) is 11.6 Å². The summed E-state index contributed by atoms with van der Waals surface area (Å²) >= 11 is 1.55. The summed E-state index contributed by atoms with van der Waals surface area (Å²) in [5.74, 6) is 1.000. The summed E-state index contributed by atoms with van der Waals surface area (Å²) in [6, 6.07) is 7.97. The first-order chi connectivity index (χ1) is 10.7. The summed E-state index contributed by atoms with van der Waals surface area (Å²) in [5, 5.41) is 2.86. The Morgan fingerprint density at radius 2 is 1.86 bits per heavy atom. The summed E-state index contributed by atoms with van der Waals surface area (Å²) in [4.78, 5) is 27.4. The van der Waals surface area contributed by atoms with Crippen molar-refractivity contribution in [2.45, 2.75) is 19.3 Å². The SMILES string of the molecule is O=C(CN1CSCC1=O)Nc1ccc(N2CCCCC2)cc1. The van der Waals surface area contributed by atoms with Crippen molar-refractivity contribution >= 4 is 35.0 Å². The van der Waals surface area contributed by atoms with Gasteiger partial charge in [-0.05, 0) is 43.5 Å². The number of thioether (sulfide) groups is 1. The van der Waals surface area contributed by atoms with Crippen LogP contribution in [0.15, 0.2) is 24.3 Å². The number of hydrogen-bond acceptors (Lipinski definition) is 4. The van der Waals surface area contributed by atoms with Crippen LogP contribution in [0.2, 0.25) is 0 Å². The minimum absolute atomic E-state index is 0.0422. The molecule has 0 radical (unpaired) electrons. The molecular formula is C16H21N3O2S. The second-order valence-electron chi connectivity index (χ2n) is 5.71.